The quantitative estimate of drug-likeness (QED) is 0.790. The molecule has 1 aromatic heterocycles. The molecular formula is C18H23N3O4S. The number of hydrogen-bond acceptors (Lipinski definition) is 7. The van der Waals surface area contributed by atoms with Crippen LogP contribution in [-0.2, 0) is 15.0 Å². The highest BCUT2D eigenvalue weighted by Gasteiger charge is 2.48. The van der Waals surface area contributed by atoms with E-state index in [9.17, 15) is 9.59 Å². The molecule has 26 heavy (non-hydrogen) atoms. The maximum Gasteiger partial charge on any atom is 0.408 e. The van der Waals surface area contributed by atoms with Crippen LogP contribution in [0.5, 0.6) is 0 Å². The molecule has 0 bridgehead atoms. The summed E-state index contributed by atoms with van der Waals surface area (Å²) in [4.78, 5) is 28.9. The van der Waals surface area contributed by atoms with Gasteiger partial charge in [-0.25, -0.2) is 14.6 Å². The van der Waals surface area contributed by atoms with Gasteiger partial charge in [-0.3, -0.25) is 0 Å². The minimum Gasteiger partial charge on any atom is -0.462 e. The molecule has 0 unspecified atom stereocenters. The van der Waals surface area contributed by atoms with Gasteiger partial charge in [0.2, 0.25) is 0 Å². The second kappa shape index (κ2) is 6.42. The summed E-state index contributed by atoms with van der Waals surface area (Å²) in [7, 11) is 0. The SMILES string of the molecule is CCOC(=O)c1cc(C2(NC(=O)OC(C)(C)C)CC2)c2nc(N)sc2c1. The van der Waals surface area contributed by atoms with Crippen LogP contribution in [0.2, 0.25) is 0 Å². The van der Waals surface area contributed by atoms with Gasteiger partial charge in [-0.2, -0.15) is 0 Å². The van der Waals surface area contributed by atoms with Gasteiger partial charge in [-0.1, -0.05) is 11.3 Å². The average molecular weight is 377 g/mol. The van der Waals surface area contributed by atoms with Crippen molar-refractivity contribution in [3.05, 3.63) is 23.3 Å². The Balaban J connectivity index is 2.00. The molecule has 2 aromatic rings. The van der Waals surface area contributed by atoms with Gasteiger partial charge in [-0.15, -0.1) is 0 Å². The van der Waals surface area contributed by atoms with Gasteiger partial charge < -0.3 is 20.5 Å². The van der Waals surface area contributed by atoms with Crippen molar-refractivity contribution in [2.24, 2.45) is 0 Å². The Bertz CT molecular complexity index is 865. The van der Waals surface area contributed by atoms with E-state index >= 15 is 0 Å². The number of nitrogens with two attached hydrogens (primary N) is 1. The first kappa shape index (κ1) is 18.4. The monoisotopic (exact) mass is 377 g/mol. The fourth-order valence-corrected chi connectivity index (χ4v) is 3.63. The van der Waals surface area contributed by atoms with Crippen LogP contribution in [0.4, 0.5) is 9.93 Å². The maximum absolute atomic E-state index is 12.3. The van der Waals surface area contributed by atoms with Gasteiger partial charge in [0.25, 0.3) is 0 Å². The van der Waals surface area contributed by atoms with Gasteiger partial charge >= 0.3 is 12.1 Å². The van der Waals surface area contributed by atoms with Crippen LogP contribution in [0.1, 0.15) is 56.5 Å². The molecule has 0 spiro atoms. The highest BCUT2D eigenvalue weighted by molar-refractivity contribution is 7.22. The molecule has 1 heterocycles. The molecule has 3 N–H and O–H groups in total. The molecule has 1 aromatic carbocycles. The van der Waals surface area contributed by atoms with Gasteiger partial charge in [0.05, 0.1) is 27.9 Å². The molecule has 3 rings (SSSR count). The molecule has 1 amide bonds. The second-order valence-corrected chi connectivity index (χ2v) is 8.41. The van der Waals surface area contributed by atoms with Gasteiger partial charge in [0, 0.05) is 5.56 Å². The number of aromatic nitrogens is 1. The van der Waals surface area contributed by atoms with Crippen molar-refractivity contribution in [2.75, 3.05) is 12.3 Å². The van der Waals surface area contributed by atoms with Crippen molar-refractivity contribution in [3.63, 3.8) is 0 Å². The van der Waals surface area contributed by atoms with Crippen LogP contribution in [0.3, 0.4) is 0 Å². The number of thiazole rings is 1. The molecule has 1 saturated carbocycles. The van der Waals surface area contributed by atoms with Crippen LogP contribution in [0.25, 0.3) is 10.2 Å². The summed E-state index contributed by atoms with van der Waals surface area (Å²) in [5, 5.41) is 3.36. The van der Waals surface area contributed by atoms with Crippen LogP contribution >= 0.6 is 11.3 Å². The number of fused-ring (bicyclic) bond motifs is 1. The lowest BCUT2D eigenvalue weighted by atomic mass is 10.0. The number of rotatable bonds is 4. The normalized spacial score (nSPS) is 15.5. The Kier molecular flexibility index (Phi) is 4.56. The Morgan fingerprint density at radius 1 is 1.35 bits per heavy atom. The minimum absolute atomic E-state index is 0.290. The topological polar surface area (TPSA) is 104 Å². The fraction of sp³-hybridized carbons (Fsp3) is 0.500. The average Bonchev–Trinajstić information content (AvgIpc) is 3.17. The van der Waals surface area contributed by atoms with Crippen LogP contribution in [0.15, 0.2) is 12.1 Å². The number of benzene rings is 1. The molecule has 1 aliphatic carbocycles. The van der Waals surface area contributed by atoms with Crippen molar-refractivity contribution in [2.45, 2.75) is 51.7 Å². The van der Waals surface area contributed by atoms with E-state index in [2.05, 4.69) is 10.3 Å². The zero-order valence-corrected chi connectivity index (χ0v) is 16.2. The molecule has 8 heteroatoms. The second-order valence-electron chi connectivity index (χ2n) is 7.35. The van der Waals surface area contributed by atoms with E-state index in [4.69, 9.17) is 15.2 Å². The zero-order valence-electron chi connectivity index (χ0n) is 15.3. The van der Waals surface area contributed by atoms with E-state index in [1.807, 2.05) is 20.8 Å². The lowest BCUT2D eigenvalue weighted by Crippen LogP contribution is -2.39. The highest BCUT2D eigenvalue weighted by atomic mass is 32.1. The Labute approximate surface area is 155 Å². The number of nitrogens with one attached hydrogen (secondary N) is 1. The molecule has 7 nitrogen and oxygen atoms in total. The van der Waals surface area contributed by atoms with Crippen LogP contribution in [-0.4, -0.2) is 29.3 Å². The Morgan fingerprint density at radius 3 is 2.62 bits per heavy atom. The van der Waals surface area contributed by atoms with E-state index in [1.165, 1.54) is 11.3 Å². The van der Waals surface area contributed by atoms with Crippen LogP contribution in [0, 0.1) is 0 Å². The number of anilines is 1. The number of nitrogens with zero attached hydrogens (tertiary/aromatic N) is 1. The molecule has 0 saturated heterocycles. The summed E-state index contributed by atoms with van der Waals surface area (Å²) < 4.78 is 11.3. The fourth-order valence-electron chi connectivity index (χ4n) is 2.83. The first-order chi connectivity index (χ1) is 12.1. The minimum atomic E-state index is -0.594. The predicted octanol–water partition coefficient (Wildman–Crippen LogP) is 3.57. The summed E-state index contributed by atoms with van der Waals surface area (Å²) in [6, 6.07) is 3.47. The Morgan fingerprint density at radius 2 is 2.04 bits per heavy atom. The Hall–Kier alpha value is -2.35. The first-order valence-corrected chi connectivity index (χ1v) is 9.34. The number of amides is 1. The molecule has 0 aliphatic heterocycles. The van der Waals surface area contributed by atoms with E-state index in [0.717, 1.165) is 23.1 Å². The lowest BCUT2D eigenvalue weighted by molar-refractivity contribution is 0.0494. The number of carbonyl (C=O) groups excluding carboxylic acids is 2. The molecule has 1 aliphatic rings. The van der Waals surface area contributed by atoms with Crippen molar-refractivity contribution in [1.29, 1.82) is 0 Å². The zero-order chi connectivity index (χ0) is 19.1. The summed E-state index contributed by atoms with van der Waals surface area (Å²) >= 11 is 1.30. The van der Waals surface area contributed by atoms with E-state index in [-0.39, 0.29) is 0 Å². The van der Waals surface area contributed by atoms with Gasteiger partial charge in [-0.05, 0) is 52.7 Å². The third-order valence-corrected chi connectivity index (χ3v) is 4.86. The van der Waals surface area contributed by atoms with Crippen molar-refractivity contribution in [1.82, 2.24) is 10.3 Å². The third-order valence-electron chi connectivity index (χ3n) is 4.03. The molecule has 0 radical (unpaired) electrons. The number of hydrogen-bond donors (Lipinski definition) is 2. The molecule has 0 atom stereocenters. The van der Waals surface area contributed by atoms with Gasteiger partial charge in [0.15, 0.2) is 5.13 Å². The molecule has 140 valence electrons. The summed E-state index contributed by atoms with van der Waals surface area (Å²) in [5.74, 6) is -0.407. The van der Waals surface area contributed by atoms with Crippen molar-refractivity contribution in [3.8, 4) is 0 Å². The number of carbonyl (C=O) groups is 2. The highest BCUT2D eigenvalue weighted by Crippen LogP contribution is 2.49. The summed E-state index contributed by atoms with van der Waals surface area (Å²) in [6.07, 6.45) is 0.990. The predicted molar refractivity (Wildman–Crippen MR) is 100 cm³/mol. The van der Waals surface area contributed by atoms with E-state index in [1.54, 1.807) is 19.1 Å². The standard InChI is InChI=1S/C18H23N3O4S/c1-5-24-14(22)10-8-11(13-12(9-10)26-15(19)20-13)18(6-7-18)21-16(23)25-17(2,3)4/h8-9H,5-7H2,1-4H3,(H2,19,20)(H,21,23). The van der Waals surface area contributed by atoms with Gasteiger partial charge in [0.1, 0.15) is 5.60 Å². The third kappa shape index (κ3) is 3.75. The maximum atomic E-state index is 12.3. The summed E-state index contributed by atoms with van der Waals surface area (Å²) in [6.45, 7) is 7.49. The number of alkyl carbamates (subject to hydrolysis) is 1. The summed E-state index contributed by atoms with van der Waals surface area (Å²) in [5.41, 5.74) is 6.59. The molecular weight excluding hydrogens is 354 g/mol. The smallest absolute Gasteiger partial charge is 0.408 e. The van der Waals surface area contributed by atoms with E-state index in [0.29, 0.717) is 22.8 Å². The largest absolute Gasteiger partial charge is 0.462 e. The number of esters is 1. The van der Waals surface area contributed by atoms with Crippen molar-refractivity contribution >= 4 is 38.7 Å². The van der Waals surface area contributed by atoms with Crippen LogP contribution < -0.4 is 11.1 Å². The first-order valence-electron chi connectivity index (χ1n) is 8.52. The number of nitrogen functional groups attached to an aromatic ring is 1. The lowest BCUT2D eigenvalue weighted by Gasteiger charge is -2.24. The van der Waals surface area contributed by atoms with E-state index < -0.39 is 23.2 Å². The number of ether oxygens (including phenoxy) is 2. The molecule has 1 fully saturated rings. The van der Waals surface area contributed by atoms with Crippen molar-refractivity contribution < 1.29 is 19.1 Å².